The van der Waals surface area contributed by atoms with Crippen molar-refractivity contribution in [3.05, 3.63) is 132 Å². The summed E-state index contributed by atoms with van der Waals surface area (Å²) in [5.74, 6) is 0.210. The second-order valence-electron chi connectivity index (χ2n) is 9.32. The predicted octanol–water partition coefficient (Wildman–Crippen LogP) is 6.85. The van der Waals surface area contributed by atoms with Crippen LogP contribution in [0.25, 0.3) is 21.8 Å². The number of aromatic amines is 2. The third-order valence-electron chi connectivity index (χ3n) is 6.79. The maximum absolute atomic E-state index is 10.5. The number of hydrogen-bond donors (Lipinski definition) is 4. The van der Waals surface area contributed by atoms with Gasteiger partial charge in [0, 0.05) is 45.8 Å². The summed E-state index contributed by atoms with van der Waals surface area (Å²) < 4.78 is 29.6. The highest BCUT2D eigenvalue weighted by Crippen LogP contribution is 2.37. The molecule has 6 aromatic rings. The molecule has 0 unspecified atom stereocenters. The van der Waals surface area contributed by atoms with Crippen LogP contribution in [0.1, 0.15) is 28.2 Å². The summed E-state index contributed by atoms with van der Waals surface area (Å²) >= 11 is 0. The van der Waals surface area contributed by atoms with Gasteiger partial charge in [-0.05, 0) is 60.4 Å². The number of aryl methyl sites for hydroxylation is 1. The first-order chi connectivity index (χ1) is 18.3. The summed E-state index contributed by atoms with van der Waals surface area (Å²) in [5, 5.41) is 2.53. The number of nitrogens with two attached hydrogens (primary N) is 1. The molecule has 0 aliphatic carbocycles. The Bertz CT molecular complexity index is 1730. The van der Waals surface area contributed by atoms with Crippen molar-refractivity contribution in [1.29, 1.82) is 0 Å². The van der Waals surface area contributed by atoms with Crippen molar-refractivity contribution in [3.63, 3.8) is 0 Å². The van der Waals surface area contributed by atoms with E-state index in [0.717, 1.165) is 17.7 Å². The largest absolute Gasteiger partial charge is 0.399 e. The molecular formula is C31H29N3O3S. The molecule has 7 heteroatoms. The van der Waals surface area contributed by atoms with E-state index in [-0.39, 0.29) is 10.8 Å². The van der Waals surface area contributed by atoms with E-state index in [4.69, 9.17) is 10.3 Å². The van der Waals surface area contributed by atoms with Crippen LogP contribution in [0.5, 0.6) is 0 Å². The highest BCUT2D eigenvalue weighted by Gasteiger charge is 2.22. The Kier molecular flexibility index (Phi) is 7.05. The topological polar surface area (TPSA) is 112 Å². The molecule has 2 heterocycles. The van der Waals surface area contributed by atoms with E-state index in [9.17, 15) is 8.42 Å². The first-order valence-corrected chi connectivity index (χ1v) is 13.7. The van der Waals surface area contributed by atoms with Gasteiger partial charge < -0.3 is 15.7 Å². The van der Waals surface area contributed by atoms with Crippen LogP contribution in [0.2, 0.25) is 0 Å². The molecule has 5 N–H and O–H groups in total. The molecule has 2 aromatic heterocycles. The summed E-state index contributed by atoms with van der Waals surface area (Å²) in [7, 11) is -4.02. The van der Waals surface area contributed by atoms with Crippen LogP contribution in [0.4, 0.5) is 5.69 Å². The Hall–Kier alpha value is -4.33. The zero-order chi connectivity index (χ0) is 26.7. The van der Waals surface area contributed by atoms with Crippen molar-refractivity contribution < 1.29 is 13.0 Å². The minimum absolute atomic E-state index is 0.0666. The second kappa shape index (κ2) is 10.6. The van der Waals surface area contributed by atoms with E-state index in [0.29, 0.717) is 0 Å². The highest BCUT2D eigenvalue weighted by atomic mass is 32.2. The van der Waals surface area contributed by atoms with Gasteiger partial charge in [0.25, 0.3) is 10.1 Å². The lowest BCUT2D eigenvalue weighted by Crippen LogP contribution is -2.06. The molecule has 192 valence electrons. The standard InChI is InChI=1S/C24H21N3.C7H8O3S/c25-22-10-4-1-7-16(22)13-19(20-14-26-23-11-5-2-8-17(20)23)21-15-27-24-12-6-3-9-18(21)24;1-6-2-4-7(5-3-6)11(8,9)10/h1-12,14-15,19,26-27H,13,25H2;2-5H,1H3,(H,8,9,10). The average Bonchev–Trinajstić information content (AvgIpc) is 3.53. The molecule has 6 nitrogen and oxygen atoms in total. The molecule has 0 saturated carbocycles. The molecule has 0 bridgehead atoms. The Morgan fingerprint density at radius 2 is 1.24 bits per heavy atom. The van der Waals surface area contributed by atoms with Crippen molar-refractivity contribution in [2.24, 2.45) is 0 Å². The third kappa shape index (κ3) is 5.34. The molecule has 0 atom stereocenters. The number of anilines is 1. The lowest BCUT2D eigenvalue weighted by atomic mass is 9.85. The number of aromatic nitrogens is 2. The van der Waals surface area contributed by atoms with Crippen LogP contribution in [-0.4, -0.2) is 22.9 Å². The molecule has 38 heavy (non-hydrogen) atoms. The Morgan fingerprint density at radius 3 is 1.76 bits per heavy atom. The number of rotatable bonds is 5. The Balaban J connectivity index is 0.000000226. The number of nitrogen functional groups attached to an aromatic ring is 1. The molecule has 4 aromatic carbocycles. The van der Waals surface area contributed by atoms with E-state index in [1.54, 1.807) is 12.1 Å². The lowest BCUT2D eigenvalue weighted by molar-refractivity contribution is 0.483. The van der Waals surface area contributed by atoms with Crippen LogP contribution in [0, 0.1) is 6.92 Å². The minimum Gasteiger partial charge on any atom is -0.399 e. The van der Waals surface area contributed by atoms with Crippen LogP contribution in [-0.2, 0) is 16.5 Å². The van der Waals surface area contributed by atoms with Crippen LogP contribution < -0.4 is 5.73 Å². The van der Waals surface area contributed by atoms with E-state index in [1.165, 1.54) is 50.6 Å². The molecule has 0 aliphatic heterocycles. The monoisotopic (exact) mass is 523 g/mol. The summed E-state index contributed by atoms with van der Waals surface area (Å²) in [4.78, 5) is 6.81. The van der Waals surface area contributed by atoms with Crippen LogP contribution >= 0.6 is 0 Å². The number of para-hydroxylation sites is 3. The van der Waals surface area contributed by atoms with Crippen LogP contribution in [0.15, 0.2) is 114 Å². The molecular weight excluding hydrogens is 494 g/mol. The van der Waals surface area contributed by atoms with Gasteiger partial charge >= 0.3 is 0 Å². The molecule has 0 amide bonds. The van der Waals surface area contributed by atoms with E-state index in [2.05, 4.69) is 83.0 Å². The first kappa shape index (κ1) is 25.3. The molecule has 0 spiro atoms. The second-order valence-corrected chi connectivity index (χ2v) is 10.7. The van der Waals surface area contributed by atoms with Gasteiger partial charge in [-0.25, -0.2) is 0 Å². The molecule has 0 saturated heterocycles. The third-order valence-corrected chi connectivity index (χ3v) is 7.66. The van der Waals surface area contributed by atoms with Gasteiger partial charge in [-0.3, -0.25) is 4.55 Å². The zero-order valence-corrected chi connectivity index (χ0v) is 21.7. The fourth-order valence-electron chi connectivity index (χ4n) is 4.80. The van der Waals surface area contributed by atoms with E-state index >= 15 is 0 Å². The fourth-order valence-corrected chi connectivity index (χ4v) is 5.28. The van der Waals surface area contributed by atoms with Gasteiger partial charge in [-0.1, -0.05) is 72.3 Å². The number of benzene rings is 4. The molecule has 0 aliphatic rings. The summed E-state index contributed by atoms with van der Waals surface area (Å²) in [6.07, 6.45) is 5.16. The van der Waals surface area contributed by atoms with Crippen molar-refractivity contribution in [3.8, 4) is 0 Å². The number of hydrogen-bond acceptors (Lipinski definition) is 3. The average molecular weight is 524 g/mol. The fraction of sp³-hybridized carbons (Fsp3) is 0.0968. The lowest BCUT2D eigenvalue weighted by Gasteiger charge is -2.18. The van der Waals surface area contributed by atoms with Crippen molar-refractivity contribution in [2.45, 2.75) is 24.2 Å². The SMILES string of the molecule is Cc1ccc(S(=O)(=O)O)cc1.Nc1ccccc1CC(c1c[nH]c2ccccc12)c1c[nH]c2ccccc12. The maximum Gasteiger partial charge on any atom is 0.294 e. The van der Waals surface area contributed by atoms with Gasteiger partial charge in [-0.15, -0.1) is 0 Å². The minimum atomic E-state index is -4.02. The highest BCUT2D eigenvalue weighted by molar-refractivity contribution is 7.85. The molecule has 6 rings (SSSR count). The van der Waals surface area contributed by atoms with Crippen molar-refractivity contribution in [2.75, 3.05) is 5.73 Å². The summed E-state index contributed by atoms with van der Waals surface area (Å²) in [6, 6.07) is 31.1. The summed E-state index contributed by atoms with van der Waals surface area (Å²) in [5.41, 5.74) is 14.2. The maximum atomic E-state index is 10.5. The van der Waals surface area contributed by atoms with Gasteiger partial charge in [0.2, 0.25) is 0 Å². The normalized spacial score (nSPS) is 11.6. The van der Waals surface area contributed by atoms with Crippen LogP contribution in [0.3, 0.4) is 0 Å². The van der Waals surface area contributed by atoms with Gasteiger partial charge in [0.15, 0.2) is 0 Å². The number of fused-ring (bicyclic) bond motifs is 2. The number of nitrogens with one attached hydrogen (secondary N) is 2. The zero-order valence-electron chi connectivity index (χ0n) is 20.9. The smallest absolute Gasteiger partial charge is 0.294 e. The predicted molar refractivity (Wildman–Crippen MR) is 154 cm³/mol. The van der Waals surface area contributed by atoms with Gasteiger partial charge in [0.1, 0.15) is 0 Å². The quantitative estimate of drug-likeness (QED) is 0.146. The van der Waals surface area contributed by atoms with Crippen molar-refractivity contribution in [1.82, 2.24) is 9.97 Å². The van der Waals surface area contributed by atoms with Gasteiger partial charge in [0.05, 0.1) is 4.90 Å². The Labute approximate surface area is 221 Å². The Morgan fingerprint density at radius 1 is 0.737 bits per heavy atom. The van der Waals surface area contributed by atoms with Gasteiger partial charge in [-0.2, -0.15) is 8.42 Å². The van der Waals surface area contributed by atoms with E-state index < -0.39 is 10.1 Å². The molecule has 0 radical (unpaired) electrons. The molecule has 0 fully saturated rings. The summed E-state index contributed by atoms with van der Waals surface area (Å²) in [6.45, 7) is 1.84. The van der Waals surface area contributed by atoms with Crippen molar-refractivity contribution >= 4 is 37.6 Å². The first-order valence-electron chi connectivity index (χ1n) is 12.3. The van der Waals surface area contributed by atoms with E-state index in [1.807, 2.05) is 19.1 Å². The number of H-pyrrole nitrogens is 2.